The van der Waals surface area contributed by atoms with E-state index in [9.17, 15) is 0 Å². The summed E-state index contributed by atoms with van der Waals surface area (Å²) in [6.45, 7) is 16.6. The second kappa shape index (κ2) is 17.4. The van der Waals surface area contributed by atoms with Crippen LogP contribution in [-0.2, 0) is 0 Å². The smallest absolute Gasteiger partial charge is 0.0733 e. The molecule has 0 N–H and O–H groups in total. The van der Waals surface area contributed by atoms with Crippen LogP contribution in [0.4, 0.5) is 0 Å². The third kappa shape index (κ3) is 8.84. The molecule has 0 nitrogen and oxygen atoms in total. The molecule has 0 saturated heterocycles. The number of benzene rings is 2. The lowest BCUT2D eigenvalue weighted by molar-refractivity contribution is 0.531. The lowest BCUT2D eigenvalue weighted by Crippen LogP contribution is -2.65. The molecule has 0 aliphatic heterocycles. The van der Waals surface area contributed by atoms with Gasteiger partial charge in [0.1, 0.15) is 8.07 Å². The molecule has 2 aromatic carbocycles. The fraction of sp³-hybridized carbons (Fsp3) is 0.610. The van der Waals surface area contributed by atoms with Gasteiger partial charge in [-0.05, 0) is 46.2 Å². The first-order valence-electron chi connectivity index (χ1n) is 17.8. The topological polar surface area (TPSA) is 0 Å². The minimum atomic E-state index is -2.19. The molecular weight excluding hydrogens is 521 g/mol. The summed E-state index contributed by atoms with van der Waals surface area (Å²) in [5.41, 5.74) is 7.42. The molecule has 1 aliphatic rings. The maximum Gasteiger partial charge on any atom is 0.131 e. The summed E-state index contributed by atoms with van der Waals surface area (Å²) in [4.78, 5) is 0. The maximum absolute atomic E-state index is 2.67. The highest BCUT2D eigenvalue weighted by Gasteiger charge is 2.54. The molecule has 2 atom stereocenters. The first-order valence-corrected chi connectivity index (χ1v) is 20.0. The van der Waals surface area contributed by atoms with Crippen LogP contribution < -0.4 is 10.4 Å². The average Bonchev–Trinajstić information content (AvgIpc) is 3.17. The van der Waals surface area contributed by atoms with Gasteiger partial charge in [-0.2, -0.15) is 0 Å². The van der Waals surface area contributed by atoms with Gasteiger partial charge in [0.2, 0.25) is 0 Å². The number of unbranched alkanes of at least 4 members (excludes halogenated alkanes) is 15. The zero-order valence-corrected chi connectivity index (χ0v) is 29.7. The highest BCUT2D eigenvalue weighted by molar-refractivity contribution is 7.05. The van der Waals surface area contributed by atoms with Gasteiger partial charge >= 0.3 is 0 Å². The van der Waals surface area contributed by atoms with Crippen LogP contribution in [0.15, 0.2) is 71.3 Å². The zero-order valence-electron chi connectivity index (χ0n) is 28.7. The molecule has 0 heterocycles. The van der Waals surface area contributed by atoms with E-state index in [0.717, 1.165) is 0 Å². The molecule has 232 valence electrons. The van der Waals surface area contributed by atoms with E-state index in [1.165, 1.54) is 131 Å². The molecule has 42 heavy (non-hydrogen) atoms. The number of hydrogen-bond donors (Lipinski definition) is 0. The summed E-state index contributed by atoms with van der Waals surface area (Å²) in [5, 5.41) is 3.34. The van der Waals surface area contributed by atoms with E-state index in [-0.39, 0.29) is 5.04 Å². The molecule has 0 spiro atoms. The molecule has 0 bridgehead atoms. The molecule has 2 unspecified atom stereocenters. The van der Waals surface area contributed by atoms with E-state index in [2.05, 4.69) is 103 Å². The molecule has 0 saturated carbocycles. The summed E-state index contributed by atoms with van der Waals surface area (Å²) in [6.07, 6.45) is 25.5. The van der Waals surface area contributed by atoms with Gasteiger partial charge in [-0.25, -0.2) is 0 Å². The monoisotopic (exact) mass is 584 g/mol. The van der Waals surface area contributed by atoms with E-state index in [1.807, 2.05) is 0 Å². The van der Waals surface area contributed by atoms with Crippen LogP contribution >= 0.6 is 0 Å². The lowest BCUT2D eigenvalue weighted by Gasteiger charge is -2.47. The van der Waals surface area contributed by atoms with Gasteiger partial charge < -0.3 is 0 Å². The van der Waals surface area contributed by atoms with Gasteiger partial charge in [-0.1, -0.05) is 204 Å². The maximum atomic E-state index is 2.67. The molecule has 1 aliphatic carbocycles. The Bertz CT molecular complexity index is 1120. The Balaban J connectivity index is 1.60. The largest absolute Gasteiger partial charge is 0.131 e. The summed E-state index contributed by atoms with van der Waals surface area (Å²) in [6, 6.07) is 20.5. The molecule has 0 fully saturated rings. The van der Waals surface area contributed by atoms with Gasteiger partial charge in [0.25, 0.3) is 0 Å². The second-order valence-corrected chi connectivity index (χ2v) is 18.5. The van der Waals surface area contributed by atoms with Gasteiger partial charge in [-0.3, -0.25) is 0 Å². The van der Waals surface area contributed by atoms with Gasteiger partial charge in [0.15, 0.2) is 0 Å². The molecule has 3 rings (SSSR count). The van der Waals surface area contributed by atoms with Gasteiger partial charge in [0, 0.05) is 5.04 Å². The van der Waals surface area contributed by atoms with Crippen molar-refractivity contribution < 1.29 is 0 Å². The van der Waals surface area contributed by atoms with Crippen molar-refractivity contribution in [2.24, 2.45) is 0 Å². The molecule has 0 aromatic heterocycles. The number of hydrogen-bond acceptors (Lipinski definition) is 0. The Labute approximate surface area is 262 Å². The minimum absolute atomic E-state index is 0.0955. The molecule has 2 aromatic rings. The van der Waals surface area contributed by atoms with Crippen LogP contribution in [0.2, 0.25) is 11.1 Å². The van der Waals surface area contributed by atoms with Crippen molar-refractivity contribution in [3.8, 4) is 0 Å². The fourth-order valence-corrected chi connectivity index (χ4v) is 14.4. The van der Waals surface area contributed by atoms with Crippen LogP contribution in [0, 0.1) is 13.8 Å². The Kier molecular flexibility index (Phi) is 14.4. The quantitative estimate of drug-likeness (QED) is 0.107. The normalized spacial score (nSPS) is 18.4. The Morgan fingerprint density at radius 1 is 0.548 bits per heavy atom. The van der Waals surface area contributed by atoms with Crippen LogP contribution in [-0.4, -0.2) is 8.07 Å². The summed E-state index contributed by atoms with van der Waals surface area (Å²) in [7, 11) is -2.19. The Morgan fingerprint density at radius 2 is 1.00 bits per heavy atom. The average molecular weight is 585 g/mol. The van der Waals surface area contributed by atoms with Crippen LogP contribution in [0.1, 0.15) is 148 Å². The van der Waals surface area contributed by atoms with E-state index in [0.29, 0.717) is 0 Å². The van der Waals surface area contributed by atoms with Crippen molar-refractivity contribution in [2.45, 2.75) is 162 Å². The first kappa shape index (κ1) is 34.6. The van der Waals surface area contributed by atoms with Crippen molar-refractivity contribution in [3.05, 3.63) is 82.5 Å². The summed E-state index contributed by atoms with van der Waals surface area (Å²) < 4.78 is 0. The lowest BCUT2D eigenvalue weighted by atomic mass is 10.0. The van der Waals surface area contributed by atoms with Crippen molar-refractivity contribution >= 4 is 18.4 Å². The highest BCUT2D eigenvalue weighted by atomic mass is 28.3. The third-order valence-electron chi connectivity index (χ3n) is 10.7. The predicted molar refractivity (Wildman–Crippen MR) is 192 cm³/mol. The summed E-state index contributed by atoms with van der Waals surface area (Å²) in [5.74, 6) is 0. The highest BCUT2D eigenvalue weighted by Crippen LogP contribution is 2.54. The molecule has 0 radical (unpaired) electrons. The summed E-state index contributed by atoms with van der Waals surface area (Å²) >= 11 is 0. The van der Waals surface area contributed by atoms with E-state index in [1.54, 1.807) is 15.9 Å². The number of allylic oxidation sites excluding steroid dienone is 4. The fourth-order valence-electron chi connectivity index (χ4n) is 7.97. The number of aryl methyl sites for hydroxylation is 2. The molecule has 0 amide bonds. The van der Waals surface area contributed by atoms with Crippen molar-refractivity contribution in [3.63, 3.8) is 0 Å². The molecule has 1 heteroatoms. The number of rotatable bonds is 20. The van der Waals surface area contributed by atoms with Crippen LogP contribution in [0.5, 0.6) is 0 Å². The van der Waals surface area contributed by atoms with E-state index >= 15 is 0 Å². The van der Waals surface area contributed by atoms with Gasteiger partial charge in [0.05, 0.1) is 0 Å². The zero-order chi connectivity index (χ0) is 30.4. The Hall–Kier alpha value is -1.86. The standard InChI is InChI=1S/C41H64Si/c1-8-9-10-11-12-13-14-15-16-17-18-19-20-21-22-26-29-42(39-27-24-23-25-28-39,40-31-34(2)30-35(3)32-40)41(7)33-36(4)37(5)38(41)6/h23-25,27-28,30-33H,8-22,26,29H2,1-7H3. The van der Waals surface area contributed by atoms with Crippen LogP contribution in [0.3, 0.4) is 0 Å². The van der Waals surface area contributed by atoms with Crippen molar-refractivity contribution in [2.75, 3.05) is 0 Å². The van der Waals surface area contributed by atoms with Crippen LogP contribution in [0.25, 0.3) is 0 Å². The predicted octanol–water partition coefficient (Wildman–Crippen LogP) is 12.2. The SMILES string of the molecule is CCCCCCCCCCCCCCCCCC[Si](c1ccccc1)(c1cc(C)cc(C)c1)C1(C)C=C(C)C(C)=C1C. The third-order valence-corrected chi connectivity index (χ3v) is 16.7. The first-order chi connectivity index (χ1) is 20.3. The Morgan fingerprint density at radius 3 is 1.43 bits per heavy atom. The van der Waals surface area contributed by atoms with Crippen molar-refractivity contribution in [1.82, 2.24) is 0 Å². The molecular formula is C41H64Si. The second-order valence-electron chi connectivity index (χ2n) is 14.0. The van der Waals surface area contributed by atoms with Crippen molar-refractivity contribution in [1.29, 1.82) is 0 Å². The van der Waals surface area contributed by atoms with E-state index in [4.69, 9.17) is 0 Å². The van der Waals surface area contributed by atoms with E-state index < -0.39 is 8.07 Å². The van der Waals surface area contributed by atoms with Gasteiger partial charge in [-0.15, -0.1) is 0 Å². The minimum Gasteiger partial charge on any atom is -0.0733 e.